The average Bonchev–Trinajstić information content (AvgIpc) is 2.73. The monoisotopic (exact) mass is 223 g/mol. The molecule has 16 heavy (non-hydrogen) atoms. The second kappa shape index (κ2) is 5.07. The van der Waals surface area contributed by atoms with Gasteiger partial charge >= 0.3 is 0 Å². The van der Waals surface area contributed by atoms with Crippen LogP contribution in [0.15, 0.2) is 6.33 Å². The van der Waals surface area contributed by atoms with E-state index in [0.717, 1.165) is 32.0 Å². The third-order valence-electron chi connectivity index (χ3n) is 2.84. The van der Waals surface area contributed by atoms with E-state index in [0.29, 0.717) is 12.8 Å². The summed E-state index contributed by atoms with van der Waals surface area (Å²) in [5.41, 5.74) is 0. The Hall–Kier alpha value is -1.43. The van der Waals surface area contributed by atoms with Crippen molar-refractivity contribution in [1.29, 1.82) is 0 Å². The summed E-state index contributed by atoms with van der Waals surface area (Å²) in [5, 5.41) is 7.21. The van der Waals surface area contributed by atoms with Crippen molar-refractivity contribution in [3.63, 3.8) is 0 Å². The highest BCUT2D eigenvalue weighted by atomic mass is 16.2. The molecule has 1 aliphatic heterocycles. The molecule has 0 saturated carbocycles. The minimum Gasteiger partial charge on any atom is -0.340 e. The molecule has 0 unspecified atom stereocenters. The number of carbonyl (C=O) groups is 1. The first-order valence-corrected chi connectivity index (χ1v) is 5.59. The van der Waals surface area contributed by atoms with Crippen LogP contribution in [-0.4, -0.2) is 51.8 Å². The van der Waals surface area contributed by atoms with E-state index in [1.807, 2.05) is 11.9 Å². The fourth-order valence-corrected chi connectivity index (χ4v) is 1.84. The van der Waals surface area contributed by atoms with Crippen LogP contribution < -0.4 is 5.32 Å². The fourth-order valence-electron chi connectivity index (χ4n) is 1.84. The average molecular weight is 223 g/mol. The third-order valence-corrected chi connectivity index (χ3v) is 2.84. The zero-order valence-electron chi connectivity index (χ0n) is 9.52. The Kier molecular flexibility index (Phi) is 3.51. The molecule has 88 valence electrons. The summed E-state index contributed by atoms with van der Waals surface area (Å²) in [7, 11) is 1.84. The van der Waals surface area contributed by atoms with E-state index in [-0.39, 0.29) is 5.91 Å². The number of hydrogen-bond acceptors (Lipinski definition) is 4. The maximum absolute atomic E-state index is 11.8. The van der Waals surface area contributed by atoms with Gasteiger partial charge in [0, 0.05) is 46.1 Å². The second-order valence-corrected chi connectivity index (χ2v) is 3.93. The van der Waals surface area contributed by atoms with Gasteiger partial charge in [-0.2, -0.15) is 5.10 Å². The predicted molar refractivity (Wildman–Crippen MR) is 58.8 cm³/mol. The van der Waals surface area contributed by atoms with Gasteiger partial charge in [-0.3, -0.25) is 9.48 Å². The van der Waals surface area contributed by atoms with E-state index >= 15 is 0 Å². The summed E-state index contributed by atoms with van der Waals surface area (Å²) in [6, 6.07) is 0. The highest BCUT2D eigenvalue weighted by Crippen LogP contribution is 2.02. The fraction of sp³-hybridized carbons (Fsp3) is 0.700. The number of carbonyl (C=O) groups excluding carboxylic acids is 1. The van der Waals surface area contributed by atoms with Crippen LogP contribution in [0.5, 0.6) is 0 Å². The topological polar surface area (TPSA) is 63.1 Å². The maximum Gasteiger partial charge on any atom is 0.223 e. The van der Waals surface area contributed by atoms with E-state index in [1.165, 1.54) is 6.33 Å². The summed E-state index contributed by atoms with van der Waals surface area (Å²) in [5.74, 6) is 1.08. The SMILES string of the molecule is Cn1ncnc1CCC(=O)N1CCNCC1. The van der Waals surface area contributed by atoms with Crippen LogP contribution in [-0.2, 0) is 18.3 Å². The smallest absolute Gasteiger partial charge is 0.223 e. The number of rotatable bonds is 3. The third kappa shape index (κ3) is 2.57. The second-order valence-electron chi connectivity index (χ2n) is 3.93. The molecule has 6 heteroatoms. The Morgan fingerprint density at radius 3 is 2.88 bits per heavy atom. The molecule has 0 atom stereocenters. The molecule has 1 N–H and O–H groups in total. The quantitative estimate of drug-likeness (QED) is 0.727. The van der Waals surface area contributed by atoms with Crippen molar-refractivity contribution in [3.05, 3.63) is 12.2 Å². The van der Waals surface area contributed by atoms with Crippen molar-refractivity contribution in [2.75, 3.05) is 26.2 Å². The standard InChI is InChI=1S/C10H17N5O/c1-14-9(12-8-13-14)2-3-10(16)15-6-4-11-5-7-15/h8,11H,2-7H2,1H3. The molecule has 1 aromatic rings. The number of aryl methyl sites for hydroxylation is 2. The predicted octanol–water partition coefficient (Wildman–Crippen LogP) is -0.820. The molecule has 1 amide bonds. The molecule has 1 saturated heterocycles. The highest BCUT2D eigenvalue weighted by Gasteiger charge is 2.16. The largest absolute Gasteiger partial charge is 0.340 e. The van der Waals surface area contributed by atoms with Crippen molar-refractivity contribution in [3.8, 4) is 0 Å². The van der Waals surface area contributed by atoms with Crippen molar-refractivity contribution in [2.24, 2.45) is 7.05 Å². The summed E-state index contributed by atoms with van der Waals surface area (Å²) in [4.78, 5) is 17.9. The minimum atomic E-state index is 0.213. The summed E-state index contributed by atoms with van der Waals surface area (Å²) in [6.07, 6.45) is 2.70. The molecule has 0 radical (unpaired) electrons. The molecular formula is C10H17N5O. The number of nitrogens with one attached hydrogen (secondary N) is 1. The minimum absolute atomic E-state index is 0.213. The Balaban J connectivity index is 1.81. The summed E-state index contributed by atoms with van der Waals surface area (Å²) in [6.45, 7) is 3.43. The van der Waals surface area contributed by atoms with Gasteiger partial charge in [0.05, 0.1) is 0 Å². The maximum atomic E-state index is 11.8. The summed E-state index contributed by atoms with van der Waals surface area (Å²) >= 11 is 0. The molecule has 2 heterocycles. The first-order valence-electron chi connectivity index (χ1n) is 5.59. The molecule has 6 nitrogen and oxygen atoms in total. The van der Waals surface area contributed by atoms with E-state index in [4.69, 9.17) is 0 Å². The van der Waals surface area contributed by atoms with Gasteiger partial charge in [0.1, 0.15) is 12.2 Å². The lowest BCUT2D eigenvalue weighted by Gasteiger charge is -2.27. The molecule has 0 bridgehead atoms. The number of piperazine rings is 1. The zero-order chi connectivity index (χ0) is 11.4. The van der Waals surface area contributed by atoms with Gasteiger partial charge in [0.25, 0.3) is 0 Å². The molecule has 0 aromatic carbocycles. The van der Waals surface area contributed by atoms with Crippen LogP contribution >= 0.6 is 0 Å². The van der Waals surface area contributed by atoms with Crippen molar-refractivity contribution in [2.45, 2.75) is 12.8 Å². The van der Waals surface area contributed by atoms with Gasteiger partial charge in [-0.1, -0.05) is 0 Å². The Morgan fingerprint density at radius 2 is 2.25 bits per heavy atom. The number of nitrogens with zero attached hydrogens (tertiary/aromatic N) is 4. The molecule has 0 spiro atoms. The molecule has 2 rings (SSSR count). The van der Waals surface area contributed by atoms with Crippen molar-refractivity contribution < 1.29 is 4.79 Å². The van der Waals surface area contributed by atoms with Crippen LogP contribution in [0.3, 0.4) is 0 Å². The lowest BCUT2D eigenvalue weighted by atomic mass is 10.2. The number of hydrogen-bond donors (Lipinski definition) is 1. The molecule has 0 aliphatic carbocycles. The first-order chi connectivity index (χ1) is 7.77. The van der Waals surface area contributed by atoms with Crippen LogP contribution in [0.1, 0.15) is 12.2 Å². The molecule has 1 fully saturated rings. The zero-order valence-corrected chi connectivity index (χ0v) is 9.52. The van der Waals surface area contributed by atoms with Crippen LogP contribution in [0, 0.1) is 0 Å². The van der Waals surface area contributed by atoms with Crippen molar-refractivity contribution in [1.82, 2.24) is 25.0 Å². The van der Waals surface area contributed by atoms with Gasteiger partial charge in [-0.25, -0.2) is 4.98 Å². The van der Waals surface area contributed by atoms with Crippen molar-refractivity contribution >= 4 is 5.91 Å². The number of aromatic nitrogens is 3. The first kappa shape index (κ1) is 11.1. The normalized spacial score (nSPS) is 16.4. The van der Waals surface area contributed by atoms with E-state index in [1.54, 1.807) is 4.68 Å². The lowest BCUT2D eigenvalue weighted by molar-refractivity contribution is -0.131. The van der Waals surface area contributed by atoms with E-state index in [9.17, 15) is 4.79 Å². The molecular weight excluding hydrogens is 206 g/mol. The number of amides is 1. The van der Waals surface area contributed by atoms with Gasteiger partial charge in [0.15, 0.2) is 0 Å². The van der Waals surface area contributed by atoms with Gasteiger partial charge < -0.3 is 10.2 Å². The Morgan fingerprint density at radius 1 is 1.50 bits per heavy atom. The van der Waals surface area contributed by atoms with E-state index < -0.39 is 0 Å². The van der Waals surface area contributed by atoms with Gasteiger partial charge in [-0.15, -0.1) is 0 Å². The summed E-state index contributed by atoms with van der Waals surface area (Å²) < 4.78 is 1.71. The highest BCUT2D eigenvalue weighted by molar-refractivity contribution is 5.76. The molecule has 1 aromatic heterocycles. The van der Waals surface area contributed by atoms with E-state index in [2.05, 4.69) is 15.4 Å². The van der Waals surface area contributed by atoms with Gasteiger partial charge in [-0.05, 0) is 0 Å². The van der Waals surface area contributed by atoms with Crippen LogP contribution in [0.25, 0.3) is 0 Å². The van der Waals surface area contributed by atoms with Gasteiger partial charge in [0.2, 0.25) is 5.91 Å². The molecule has 1 aliphatic rings. The Labute approximate surface area is 94.6 Å². The van der Waals surface area contributed by atoms with Crippen LogP contribution in [0.4, 0.5) is 0 Å². The van der Waals surface area contributed by atoms with Crippen LogP contribution in [0.2, 0.25) is 0 Å². The lowest BCUT2D eigenvalue weighted by Crippen LogP contribution is -2.46. The Bertz CT molecular complexity index is 356.